The number of nitrogens with one attached hydrogen (secondary N) is 1. The molecule has 0 radical (unpaired) electrons. The van der Waals surface area contributed by atoms with Crippen molar-refractivity contribution in [3.63, 3.8) is 0 Å². The summed E-state index contributed by atoms with van der Waals surface area (Å²) >= 11 is 5.26. The molecule has 0 aromatic carbocycles. The zero-order valence-electron chi connectivity index (χ0n) is 13.9. The van der Waals surface area contributed by atoms with Crippen LogP contribution in [0.1, 0.15) is 20.3 Å². The summed E-state index contributed by atoms with van der Waals surface area (Å²) in [6.45, 7) is 6.71. The van der Waals surface area contributed by atoms with Crippen LogP contribution in [0.3, 0.4) is 0 Å². The third kappa shape index (κ3) is 7.40. The van der Waals surface area contributed by atoms with Gasteiger partial charge in [0.25, 0.3) is 0 Å². The molecule has 1 aromatic heterocycles. The van der Waals surface area contributed by atoms with Gasteiger partial charge >= 0.3 is 5.97 Å². The van der Waals surface area contributed by atoms with Crippen LogP contribution in [0.4, 0.5) is 0 Å². The fourth-order valence-corrected chi connectivity index (χ4v) is 2.18. The van der Waals surface area contributed by atoms with E-state index in [-0.39, 0.29) is 5.97 Å². The molecule has 0 unspecified atom stereocenters. The van der Waals surface area contributed by atoms with E-state index in [1.54, 1.807) is 0 Å². The van der Waals surface area contributed by atoms with E-state index in [4.69, 9.17) is 17.0 Å². The molecule has 0 amide bonds. The van der Waals surface area contributed by atoms with Gasteiger partial charge in [-0.05, 0) is 18.1 Å². The molecule has 1 heterocycles. The predicted octanol–water partition coefficient (Wildman–Crippen LogP) is 0.708. The summed E-state index contributed by atoms with van der Waals surface area (Å²) in [4.78, 5) is 13.6. The van der Waals surface area contributed by atoms with Gasteiger partial charge in [0.1, 0.15) is 25.5 Å². The van der Waals surface area contributed by atoms with Gasteiger partial charge in [-0.3, -0.25) is 4.79 Å². The second kappa shape index (κ2) is 9.40. The molecule has 0 atom stereocenters. The van der Waals surface area contributed by atoms with E-state index in [0.29, 0.717) is 37.1 Å². The SMILES string of the molecule is CC(C)CN(C)C(=S)NCCC(=O)OCCn1cc[n+](C)c1. The normalized spacial score (nSPS) is 10.6. The van der Waals surface area contributed by atoms with Gasteiger partial charge in [0.2, 0.25) is 6.33 Å². The van der Waals surface area contributed by atoms with Crippen molar-refractivity contribution in [3.8, 4) is 0 Å². The molecular formula is C15H27N4O2S+. The largest absolute Gasteiger partial charge is 0.461 e. The predicted molar refractivity (Wildman–Crippen MR) is 89.3 cm³/mol. The molecular weight excluding hydrogens is 300 g/mol. The van der Waals surface area contributed by atoms with Crippen LogP contribution in [0.5, 0.6) is 0 Å². The average molecular weight is 327 g/mol. The highest BCUT2D eigenvalue weighted by Gasteiger charge is 2.08. The summed E-state index contributed by atoms with van der Waals surface area (Å²) in [7, 11) is 3.90. The van der Waals surface area contributed by atoms with E-state index >= 15 is 0 Å². The Bertz CT molecular complexity index is 488. The second-order valence-electron chi connectivity index (χ2n) is 5.79. The monoisotopic (exact) mass is 327 g/mol. The standard InChI is InChI=1S/C15H26N4O2S/c1-13(2)11-18(4)15(22)16-6-5-14(20)21-10-9-19-8-7-17(3)12-19/h7-8,12-13H,5-6,9-11H2,1-4H3/p+1. The first-order valence-corrected chi connectivity index (χ1v) is 7.95. The summed E-state index contributed by atoms with van der Waals surface area (Å²) in [5.74, 6) is 0.337. The minimum atomic E-state index is -0.210. The number of hydrogen-bond donors (Lipinski definition) is 1. The molecule has 0 aliphatic carbocycles. The lowest BCUT2D eigenvalue weighted by atomic mass is 10.2. The fourth-order valence-electron chi connectivity index (χ4n) is 2.01. The highest BCUT2D eigenvalue weighted by Crippen LogP contribution is 1.96. The second-order valence-corrected chi connectivity index (χ2v) is 6.18. The smallest absolute Gasteiger partial charge is 0.307 e. The Balaban J connectivity index is 2.11. The van der Waals surface area contributed by atoms with Gasteiger partial charge < -0.3 is 15.0 Å². The quantitative estimate of drug-likeness (QED) is 0.433. The van der Waals surface area contributed by atoms with Crippen LogP contribution >= 0.6 is 12.2 Å². The molecule has 7 heteroatoms. The first-order valence-electron chi connectivity index (χ1n) is 7.54. The molecule has 0 fully saturated rings. The lowest BCUT2D eigenvalue weighted by Gasteiger charge is -2.22. The van der Waals surface area contributed by atoms with Crippen molar-refractivity contribution in [1.29, 1.82) is 0 Å². The van der Waals surface area contributed by atoms with Gasteiger partial charge in [-0.1, -0.05) is 13.8 Å². The zero-order valence-corrected chi connectivity index (χ0v) is 14.7. The highest BCUT2D eigenvalue weighted by atomic mass is 32.1. The number of aromatic nitrogens is 2. The van der Waals surface area contributed by atoms with Crippen LogP contribution in [0.15, 0.2) is 18.7 Å². The highest BCUT2D eigenvalue weighted by molar-refractivity contribution is 7.80. The molecule has 0 spiro atoms. The molecule has 1 rings (SSSR count). The Morgan fingerprint density at radius 1 is 1.50 bits per heavy atom. The molecule has 1 aromatic rings. The van der Waals surface area contributed by atoms with Crippen LogP contribution in [0.2, 0.25) is 0 Å². The number of nitrogens with zero attached hydrogens (tertiary/aromatic N) is 3. The van der Waals surface area contributed by atoms with Gasteiger partial charge in [-0.25, -0.2) is 9.13 Å². The maximum Gasteiger partial charge on any atom is 0.307 e. The maximum atomic E-state index is 11.6. The topological polar surface area (TPSA) is 50.4 Å². The molecule has 0 aliphatic rings. The van der Waals surface area contributed by atoms with Crippen molar-refractivity contribution in [3.05, 3.63) is 18.7 Å². The van der Waals surface area contributed by atoms with Crippen molar-refractivity contribution < 1.29 is 14.1 Å². The van der Waals surface area contributed by atoms with Crippen molar-refractivity contribution in [2.45, 2.75) is 26.8 Å². The Morgan fingerprint density at radius 2 is 2.23 bits per heavy atom. The average Bonchev–Trinajstić information content (AvgIpc) is 2.83. The van der Waals surface area contributed by atoms with Gasteiger partial charge in [0, 0.05) is 20.1 Å². The summed E-state index contributed by atoms with van der Waals surface area (Å²) in [6, 6.07) is 0. The van der Waals surface area contributed by atoms with Crippen LogP contribution < -0.4 is 9.88 Å². The van der Waals surface area contributed by atoms with E-state index in [9.17, 15) is 4.79 Å². The number of rotatable bonds is 8. The molecule has 0 saturated heterocycles. The number of thiocarbonyl (C=S) groups is 1. The summed E-state index contributed by atoms with van der Waals surface area (Å²) < 4.78 is 9.11. The number of ether oxygens (including phenoxy) is 1. The Hall–Kier alpha value is -1.63. The van der Waals surface area contributed by atoms with Crippen LogP contribution in [-0.4, -0.2) is 47.3 Å². The lowest BCUT2D eigenvalue weighted by molar-refractivity contribution is -0.671. The van der Waals surface area contributed by atoms with Crippen molar-refractivity contribution in [2.24, 2.45) is 13.0 Å². The van der Waals surface area contributed by atoms with Crippen molar-refractivity contribution in [1.82, 2.24) is 14.8 Å². The van der Waals surface area contributed by atoms with Gasteiger partial charge in [-0.15, -0.1) is 0 Å². The summed E-state index contributed by atoms with van der Waals surface area (Å²) in [5.41, 5.74) is 0. The molecule has 124 valence electrons. The van der Waals surface area contributed by atoms with Crippen LogP contribution in [0, 0.1) is 5.92 Å². The lowest BCUT2D eigenvalue weighted by Crippen LogP contribution is -2.39. The molecule has 1 N–H and O–H groups in total. The van der Waals surface area contributed by atoms with E-state index < -0.39 is 0 Å². The molecule has 0 saturated carbocycles. The van der Waals surface area contributed by atoms with Crippen LogP contribution in [0.25, 0.3) is 0 Å². The van der Waals surface area contributed by atoms with Crippen LogP contribution in [-0.2, 0) is 23.1 Å². The number of imidazole rings is 1. The van der Waals surface area contributed by atoms with E-state index in [0.717, 1.165) is 6.54 Å². The number of aryl methyl sites for hydroxylation is 1. The number of esters is 1. The van der Waals surface area contributed by atoms with E-state index in [1.807, 2.05) is 46.9 Å². The minimum Gasteiger partial charge on any atom is -0.461 e. The number of carbonyl (C=O) groups is 1. The first kappa shape index (κ1) is 18.4. The summed E-state index contributed by atoms with van der Waals surface area (Å²) in [6.07, 6.45) is 6.15. The van der Waals surface area contributed by atoms with E-state index in [1.165, 1.54) is 0 Å². The zero-order chi connectivity index (χ0) is 16.5. The minimum absolute atomic E-state index is 0.210. The van der Waals surface area contributed by atoms with Gasteiger partial charge in [0.15, 0.2) is 5.11 Å². The fraction of sp³-hybridized carbons (Fsp3) is 0.667. The van der Waals surface area contributed by atoms with Crippen molar-refractivity contribution >= 4 is 23.3 Å². The number of carbonyl (C=O) groups excluding carboxylic acids is 1. The Morgan fingerprint density at radius 3 is 2.82 bits per heavy atom. The maximum absolute atomic E-state index is 11.6. The van der Waals surface area contributed by atoms with Gasteiger partial charge in [-0.2, -0.15) is 0 Å². The van der Waals surface area contributed by atoms with Gasteiger partial charge in [0.05, 0.1) is 13.5 Å². The molecule has 0 aliphatic heterocycles. The third-order valence-electron chi connectivity index (χ3n) is 3.03. The Kier molecular flexibility index (Phi) is 7.87. The number of hydrogen-bond acceptors (Lipinski definition) is 3. The van der Waals surface area contributed by atoms with Crippen molar-refractivity contribution in [2.75, 3.05) is 26.7 Å². The molecule has 0 bridgehead atoms. The summed E-state index contributed by atoms with van der Waals surface area (Å²) in [5, 5.41) is 3.75. The first-order chi connectivity index (χ1) is 10.4. The molecule has 22 heavy (non-hydrogen) atoms. The third-order valence-corrected chi connectivity index (χ3v) is 3.48. The Labute approximate surface area is 138 Å². The molecule has 6 nitrogen and oxygen atoms in total. The van der Waals surface area contributed by atoms with E-state index in [2.05, 4.69) is 19.2 Å².